The van der Waals surface area contributed by atoms with E-state index < -0.39 is 47.3 Å². The van der Waals surface area contributed by atoms with Crippen molar-refractivity contribution in [1.29, 1.82) is 0 Å². The van der Waals surface area contributed by atoms with Crippen LogP contribution >= 0.6 is 0 Å². The molecular formula is C23H40N4O6. The van der Waals surface area contributed by atoms with E-state index in [4.69, 9.17) is 0 Å². The third-order valence-corrected chi connectivity index (χ3v) is 5.56. The Morgan fingerprint density at radius 2 is 1.52 bits per heavy atom. The van der Waals surface area contributed by atoms with Crippen LogP contribution in [0.4, 0.5) is 0 Å². The second-order valence-corrected chi connectivity index (χ2v) is 9.21. The van der Waals surface area contributed by atoms with Gasteiger partial charge in [0.05, 0.1) is 6.04 Å². The number of hydrogen-bond acceptors (Lipinski definition) is 7. The van der Waals surface area contributed by atoms with Crippen LogP contribution in [0.3, 0.4) is 0 Å². The lowest BCUT2D eigenvalue weighted by molar-refractivity contribution is -0.156. The lowest BCUT2D eigenvalue weighted by atomic mass is 9.93. The van der Waals surface area contributed by atoms with Crippen LogP contribution in [0.25, 0.3) is 0 Å². The summed E-state index contributed by atoms with van der Waals surface area (Å²) in [5.41, 5.74) is -1.57. The first-order valence-electron chi connectivity index (χ1n) is 11.2. The Labute approximate surface area is 196 Å². The molecule has 33 heavy (non-hydrogen) atoms. The van der Waals surface area contributed by atoms with Crippen LogP contribution in [0, 0.1) is 11.8 Å². The number of carbonyl (C=O) groups is 6. The van der Waals surface area contributed by atoms with Crippen molar-refractivity contribution in [3.63, 3.8) is 0 Å². The quantitative estimate of drug-likeness (QED) is 0.216. The van der Waals surface area contributed by atoms with E-state index in [0.717, 1.165) is 9.80 Å². The highest BCUT2D eigenvalue weighted by Gasteiger charge is 2.45. The van der Waals surface area contributed by atoms with Gasteiger partial charge in [-0.05, 0) is 31.6 Å². The molecule has 0 aliphatic carbocycles. The zero-order chi connectivity index (χ0) is 26.1. The molecular weight excluding hydrogens is 428 g/mol. The minimum atomic E-state index is -1.57. The molecule has 0 bridgehead atoms. The Kier molecular flexibility index (Phi) is 12.1. The van der Waals surface area contributed by atoms with Crippen molar-refractivity contribution < 1.29 is 28.8 Å². The van der Waals surface area contributed by atoms with Crippen molar-refractivity contribution in [3.05, 3.63) is 0 Å². The van der Waals surface area contributed by atoms with Gasteiger partial charge in [0, 0.05) is 21.0 Å². The summed E-state index contributed by atoms with van der Waals surface area (Å²) in [6, 6.07) is -3.13. The van der Waals surface area contributed by atoms with Gasteiger partial charge in [0.2, 0.25) is 11.8 Å². The van der Waals surface area contributed by atoms with E-state index in [0.29, 0.717) is 12.6 Å². The Bertz CT molecular complexity index is 738. The molecule has 0 aliphatic heterocycles. The number of nitrogens with one attached hydrogen (secondary N) is 2. The maximum Gasteiger partial charge on any atom is 0.254 e. The van der Waals surface area contributed by atoms with Gasteiger partial charge in [-0.2, -0.15) is 0 Å². The molecule has 2 N–H and O–H groups in total. The molecule has 4 atom stereocenters. The number of amides is 3. The normalized spacial score (nSPS) is 15.7. The van der Waals surface area contributed by atoms with Gasteiger partial charge in [-0.15, -0.1) is 0 Å². The zero-order valence-electron chi connectivity index (χ0n) is 21.3. The minimum Gasteiger partial charge on any atom is -0.345 e. The summed E-state index contributed by atoms with van der Waals surface area (Å²) < 4.78 is 0. The lowest BCUT2D eigenvalue weighted by Crippen LogP contribution is -2.68. The van der Waals surface area contributed by atoms with Gasteiger partial charge in [-0.3, -0.25) is 29.3 Å². The SMILES string of the molecule is CCC(NC(C)=O)C(=O)N(C)C(C(C)=O)C(=O)N(C)C(C=O)(CC(C)C)NC(C=O)C(C)C. The summed E-state index contributed by atoms with van der Waals surface area (Å²) in [6.07, 6.45) is 1.69. The summed E-state index contributed by atoms with van der Waals surface area (Å²) >= 11 is 0. The molecule has 0 aromatic heterocycles. The number of Topliss-reactive ketones (excluding diaryl/α,β-unsaturated/α-hetero) is 1. The van der Waals surface area contributed by atoms with Crippen LogP contribution in [0.1, 0.15) is 61.3 Å². The number of nitrogens with zero attached hydrogens (tertiary/aromatic N) is 2. The van der Waals surface area contributed by atoms with Crippen molar-refractivity contribution in [2.75, 3.05) is 14.1 Å². The van der Waals surface area contributed by atoms with Crippen molar-refractivity contribution >= 4 is 36.1 Å². The molecule has 0 aliphatic rings. The van der Waals surface area contributed by atoms with Crippen LogP contribution in [-0.4, -0.2) is 83.8 Å². The number of aldehydes is 2. The van der Waals surface area contributed by atoms with Crippen molar-refractivity contribution in [1.82, 2.24) is 20.4 Å². The summed E-state index contributed by atoms with van der Waals surface area (Å²) in [5, 5.41) is 5.51. The van der Waals surface area contributed by atoms with Gasteiger partial charge in [-0.1, -0.05) is 34.6 Å². The van der Waals surface area contributed by atoms with Crippen molar-refractivity contribution in [2.24, 2.45) is 11.8 Å². The Morgan fingerprint density at radius 3 is 1.85 bits per heavy atom. The maximum atomic E-state index is 13.5. The van der Waals surface area contributed by atoms with E-state index in [-0.39, 0.29) is 24.7 Å². The van der Waals surface area contributed by atoms with E-state index in [1.165, 1.54) is 27.9 Å². The van der Waals surface area contributed by atoms with Crippen LogP contribution < -0.4 is 10.6 Å². The van der Waals surface area contributed by atoms with E-state index in [1.54, 1.807) is 20.8 Å². The Morgan fingerprint density at radius 1 is 0.970 bits per heavy atom. The standard InChI is InChI=1S/C23H40N4O6/c1-10-18(24-17(7)31)21(32)26(8)20(16(6)30)22(33)27(9)23(13-29,11-14(2)3)25-19(12-28)15(4)5/h12-15,18-20,25H,10-11H2,1-9H3,(H,24,31). The van der Waals surface area contributed by atoms with Crippen LogP contribution in [0.2, 0.25) is 0 Å². The molecule has 0 saturated heterocycles. The maximum absolute atomic E-state index is 13.5. The van der Waals surface area contributed by atoms with Gasteiger partial charge in [-0.25, -0.2) is 0 Å². The number of hydrogen-bond donors (Lipinski definition) is 2. The first-order chi connectivity index (χ1) is 15.2. The first kappa shape index (κ1) is 30.4. The van der Waals surface area contributed by atoms with Crippen LogP contribution in [0.5, 0.6) is 0 Å². The molecule has 0 aromatic rings. The van der Waals surface area contributed by atoms with Gasteiger partial charge in [0.1, 0.15) is 12.3 Å². The van der Waals surface area contributed by atoms with Crippen LogP contribution in [0.15, 0.2) is 0 Å². The summed E-state index contributed by atoms with van der Waals surface area (Å²) in [7, 11) is 2.68. The molecule has 0 rings (SSSR count). The molecule has 4 unspecified atom stereocenters. The van der Waals surface area contributed by atoms with Gasteiger partial charge >= 0.3 is 0 Å². The molecule has 0 radical (unpaired) electrons. The topological polar surface area (TPSA) is 133 Å². The van der Waals surface area contributed by atoms with Crippen LogP contribution in [-0.2, 0) is 28.8 Å². The molecule has 3 amide bonds. The zero-order valence-corrected chi connectivity index (χ0v) is 21.3. The summed E-state index contributed by atoms with van der Waals surface area (Å²) in [5.74, 6) is -2.59. The summed E-state index contributed by atoms with van der Waals surface area (Å²) in [6.45, 7) is 11.5. The lowest BCUT2D eigenvalue weighted by Gasteiger charge is -2.43. The highest BCUT2D eigenvalue weighted by atomic mass is 16.2. The Hall–Kier alpha value is -2.62. The number of ketones is 1. The van der Waals surface area contributed by atoms with E-state index in [1.807, 2.05) is 13.8 Å². The van der Waals surface area contributed by atoms with E-state index >= 15 is 0 Å². The predicted octanol–water partition coefficient (Wildman–Crippen LogP) is 0.530. The smallest absolute Gasteiger partial charge is 0.254 e. The average Bonchev–Trinajstić information content (AvgIpc) is 2.72. The fourth-order valence-corrected chi connectivity index (χ4v) is 3.67. The van der Waals surface area contributed by atoms with E-state index in [2.05, 4.69) is 10.6 Å². The molecule has 0 fully saturated rings. The molecule has 188 valence electrons. The molecule has 0 spiro atoms. The second-order valence-electron chi connectivity index (χ2n) is 9.21. The van der Waals surface area contributed by atoms with Crippen molar-refractivity contribution in [3.8, 4) is 0 Å². The van der Waals surface area contributed by atoms with Gasteiger partial charge < -0.3 is 19.9 Å². The molecule has 10 nitrogen and oxygen atoms in total. The third-order valence-electron chi connectivity index (χ3n) is 5.56. The van der Waals surface area contributed by atoms with Gasteiger partial charge in [0.15, 0.2) is 23.8 Å². The Balaban J connectivity index is 6.27. The molecule has 0 aromatic carbocycles. The highest BCUT2D eigenvalue weighted by molar-refractivity contribution is 6.08. The largest absolute Gasteiger partial charge is 0.345 e. The summed E-state index contributed by atoms with van der Waals surface area (Å²) in [4.78, 5) is 76.5. The number of carbonyl (C=O) groups excluding carboxylic acids is 6. The fraction of sp³-hybridized carbons (Fsp3) is 0.739. The van der Waals surface area contributed by atoms with Gasteiger partial charge in [0.25, 0.3) is 5.91 Å². The number of rotatable bonds is 14. The predicted molar refractivity (Wildman–Crippen MR) is 124 cm³/mol. The monoisotopic (exact) mass is 468 g/mol. The second kappa shape index (κ2) is 13.2. The average molecular weight is 469 g/mol. The minimum absolute atomic E-state index is 0.0446. The molecule has 0 heterocycles. The fourth-order valence-electron chi connectivity index (χ4n) is 3.67. The first-order valence-corrected chi connectivity index (χ1v) is 11.2. The molecule has 0 saturated carbocycles. The number of likely N-dealkylation sites (N-methyl/N-ethyl adjacent to an activating group) is 2. The third kappa shape index (κ3) is 8.03. The molecule has 10 heteroatoms. The van der Waals surface area contributed by atoms with Crippen molar-refractivity contribution in [2.45, 2.75) is 85.1 Å². The van der Waals surface area contributed by atoms with E-state index in [9.17, 15) is 28.8 Å². The highest BCUT2D eigenvalue weighted by Crippen LogP contribution is 2.23.